The lowest BCUT2D eigenvalue weighted by atomic mass is 10.2. The molecule has 0 fully saturated rings. The highest BCUT2D eigenvalue weighted by atomic mass is 79.9. The molecule has 22 heavy (non-hydrogen) atoms. The number of rotatable bonds is 6. The number of aryl methyl sites for hydroxylation is 2. The van der Waals surface area contributed by atoms with Crippen molar-refractivity contribution in [2.24, 2.45) is 5.92 Å². The molecule has 0 saturated carbocycles. The Bertz CT molecular complexity index is 505. The van der Waals surface area contributed by atoms with Crippen LogP contribution < -0.4 is 9.05 Å². The fraction of sp³-hybridized carbons (Fsp3) is 0.333. The predicted octanol–water partition coefficient (Wildman–Crippen LogP) is 6.31. The van der Waals surface area contributed by atoms with Crippen LogP contribution in [0.25, 0.3) is 0 Å². The van der Waals surface area contributed by atoms with Gasteiger partial charge < -0.3 is 9.05 Å². The van der Waals surface area contributed by atoms with Crippen LogP contribution in [-0.2, 0) is 0 Å². The molecular weight excluding hydrogens is 359 g/mol. The fourth-order valence-corrected chi connectivity index (χ4v) is 3.32. The third-order valence-electron chi connectivity index (χ3n) is 2.97. The van der Waals surface area contributed by atoms with Gasteiger partial charge in [-0.25, -0.2) is 0 Å². The summed E-state index contributed by atoms with van der Waals surface area (Å²) >= 11 is 0. The second-order valence-electron chi connectivity index (χ2n) is 5.72. The van der Waals surface area contributed by atoms with Gasteiger partial charge >= 0.3 is 0 Å². The molecule has 0 aromatic heterocycles. The summed E-state index contributed by atoms with van der Waals surface area (Å²) in [6.07, 6.45) is 0.914. The Balaban J connectivity index is 0.00000242. The Kier molecular flexibility index (Phi) is 7.92. The van der Waals surface area contributed by atoms with E-state index in [1.165, 1.54) is 11.1 Å². The summed E-state index contributed by atoms with van der Waals surface area (Å²) in [6, 6.07) is 16.3. The van der Waals surface area contributed by atoms with Crippen LogP contribution in [0.2, 0.25) is 0 Å². The third kappa shape index (κ3) is 6.37. The molecule has 120 valence electrons. The van der Waals surface area contributed by atoms with Crippen molar-refractivity contribution >= 4 is 25.4 Å². The van der Waals surface area contributed by atoms with Crippen molar-refractivity contribution in [1.29, 1.82) is 0 Å². The van der Waals surface area contributed by atoms with E-state index in [4.69, 9.17) is 9.05 Å². The van der Waals surface area contributed by atoms with Gasteiger partial charge in [0.15, 0.2) is 0 Å². The molecule has 2 aromatic rings. The first-order valence-electron chi connectivity index (χ1n) is 7.30. The molecule has 0 radical (unpaired) electrons. The summed E-state index contributed by atoms with van der Waals surface area (Å²) in [5.74, 6) is 2.28. The highest BCUT2D eigenvalue weighted by molar-refractivity contribution is 8.93. The van der Waals surface area contributed by atoms with Crippen molar-refractivity contribution in [3.63, 3.8) is 0 Å². The zero-order valence-corrected chi connectivity index (χ0v) is 16.2. The van der Waals surface area contributed by atoms with Gasteiger partial charge in [-0.1, -0.05) is 49.2 Å². The van der Waals surface area contributed by atoms with E-state index in [2.05, 4.69) is 52.0 Å². The van der Waals surface area contributed by atoms with Crippen LogP contribution in [0, 0.1) is 19.8 Å². The number of hydrogen-bond donors (Lipinski definition) is 0. The molecule has 2 aromatic carbocycles. The molecule has 0 atom stereocenters. The van der Waals surface area contributed by atoms with Crippen LogP contribution in [0.4, 0.5) is 0 Å². The average molecular weight is 383 g/mol. The molecule has 0 bridgehead atoms. The molecule has 0 aliphatic heterocycles. The van der Waals surface area contributed by atoms with Crippen molar-refractivity contribution in [3.8, 4) is 11.5 Å². The van der Waals surface area contributed by atoms with Crippen LogP contribution in [0.3, 0.4) is 0 Å². The van der Waals surface area contributed by atoms with Crippen molar-refractivity contribution < 1.29 is 9.05 Å². The summed E-state index contributed by atoms with van der Waals surface area (Å²) in [4.78, 5) is 0. The molecule has 0 aliphatic carbocycles. The highest BCUT2D eigenvalue weighted by Crippen LogP contribution is 2.42. The maximum absolute atomic E-state index is 6.06. The summed E-state index contributed by atoms with van der Waals surface area (Å²) < 4.78 is 12.1. The first kappa shape index (κ1) is 19.0. The molecule has 0 aliphatic rings. The quantitative estimate of drug-likeness (QED) is 0.545. The predicted molar refractivity (Wildman–Crippen MR) is 101 cm³/mol. The van der Waals surface area contributed by atoms with Gasteiger partial charge in [0.2, 0.25) is 0 Å². The van der Waals surface area contributed by atoms with Gasteiger partial charge in [-0.15, -0.1) is 17.0 Å². The van der Waals surface area contributed by atoms with E-state index in [0.29, 0.717) is 5.92 Å². The largest absolute Gasteiger partial charge is 0.439 e. The molecule has 0 N–H and O–H groups in total. The minimum absolute atomic E-state index is 0. The Labute approximate surface area is 145 Å². The van der Waals surface area contributed by atoms with Crippen molar-refractivity contribution in [1.82, 2.24) is 0 Å². The number of benzene rings is 2. The second kappa shape index (κ2) is 9.17. The van der Waals surface area contributed by atoms with Crippen LogP contribution >= 0.6 is 25.4 Å². The van der Waals surface area contributed by atoms with Gasteiger partial charge in [-0.05, 0) is 44.0 Å². The molecule has 0 heterocycles. The van der Waals surface area contributed by atoms with E-state index in [-0.39, 0.29) is 17.0 Å². The molecule has 0 spiro atoms. The highest BCUT2D eigenvalue weighted by Gasteiger charge is 2.16. The third-order valence-corrected chi connectivity index (χ3v) is 4.83. The first-order valence-corrected chi connectivity index (χ1v) is 8.66. The van der Waals surface area contributed by atoms with Crippen LogP contribution in [0.1, 0.15) is 25.0 Å². The van der Waals surface area contributed by atoms with Gasteiger partial charge in [0.25, 0.3) is 8.38 Å². The van der Waals surface area contributed by atoms with E-state index >= 15 is 0 Å². The molecule has 0 saturated heterocycles. The second-order valence-corrected chi connectivity index (χ2v) is 7.11. The lowest BCUT2D eigenvalue weighted by Crippen LogP contribution is -2.04. The Hall–Kier alpha value is -1.05. The molecule has 2 rings (SSSR count). The fourth-order valence-electron chi connectivity index (χ4n) is 1.82. The SMILES string of the molecule is Br.Cc1ccc(OP(CC(C)C)Oc2ccc(C)cc2)cc1. The zero-order chi connectivity index (χ0) is 15.2. The first-order chi connectivity index (χ1) is 10.0. The van der Waals surface area contributed by atoms with E-state index in [0.717, 1.165) is 17.7 Å². The number of halogens is 1. The summed E-state index contributed by atoms with van der Waals surface area (Å²) in [6.45, 7) is 8.52. The Morgan fingerprint density at radius 3 is 1.45 bits per heavy atom. The van der Waals surface area contributed by atoms with Crippen molar-refractivity contribution in [2.75, 3.05) is 6.16 Å². The van der Waals surface area contributed by atoms with Gasteiger partial charge in [-0.3, -0.25) is 0 Å². The average Bonchev–Trinajstić information content (AvgIpc) is 2.43. The maximum Gasteiger partial charge on any atom is 0.290 e. The minimum Gasteiger partial charge on any atom is -0.439 e. The van der Waals surface area contributed by atoms with E-state index in [9.17, 15) is 0 Å². The minimum atomic E-state index is -0.972. The monoisotopic (exact) mass is 382 g/mol. The lowest BCUT2D eigenvalue weighted by molar-refractivity contribution is 0.479. The number of hydrogen-bond acceptors (Lipinski definition) is 2. The Morgan fingerprint density at radius 1 is 0.773 bits per heavy atom. The summed E-state index contributed by atoms with van der Waals surface area (Å²) in [5.41, 5.74) is 2.46. The van der Waals surface area contributed by atoms with E-state index in [1.807, 2.05) is 24.3 Å². The molecule has 2 nitrogen and oxygen atoms in total. The topological polar surface area (TPSA) is 18.5 Å². The molecule has 4 heteroatoms. The van der Waals surface area contributed by atoms with Gasteiger partial charge in [0.1, 0.15) is 11.5 Å². The standard InChI is InChI=1S/C18H23O2P.BrH/c1-14(2)13-21(19-17-9-5-15(3)6-10-17)20-18-11-7-16(4)8-12-18;/h5-12,14H,13H2,1-4H3;1H. The lowest BCUT2D eigenvalue weighted by Gasteiger charge is -2.20. The maximum atomic E-state index is 6.06. The van der Waals surface area contributed by atoms with Gasteiger partial charge in [0.05, 0.1) is 0 Å². The normalized spacial score (nSPS) is 10.5. The van der Waals surface area contributed by atoms with Crippen molar-refractivity contribution in [3.05, 3.63) is 59.7 Å². The van der Waals surface area contributed by atoms with Crippen molar-refractivity contribution in [2.45, 2.75) is 27.7 Å². The van der Waals surface area contributed by atoms with Gasteiger partial charge in [0, 0.05) is 6.16 Å². The summed E-state index contributed by atoms with van der Waals surface area (Å²) in [7, 11) is -0.972. The Morgan fingerprint density at radius 2 is 1.14 bits per heavy atom. The van der Waals surface area contributed by atoms with E-state index in [1.54, 1.807) is 0 Å². The molecular formula is C18H24BrO2P. The molecule has 0 unspecified atom stereocenters. The van der Waals surface area contributed by atoms with Crippen LogP contribution in [0.5, 0.6) is 11.5 Å². The van der Waals surface area contributed by atoms with Crippen LogP contribution in [0.15, 0.2) is 48.5 Å². The molecule has 0 amide bonds. The van der Waals surface area contributed by atoms with Crippen LogP contribution in [-0.4, -0.2) is 6.16 Å². The zero-order valence-electron chi connectivity index (χ0n) is 13.6. The smallest absolute Gasteiger partial charge is 0.290 e. The van der Waals surface area contributed by atoms with E-state index < -0.39 is 8.38 Å². The van der Waals surface area contributed by atoms with Gasteiger partial charge in [-0.2, -0.15) is 0 Å². The summed E-state index contributed by atoms with van der Waals surface area (Å²) in [5, 5.41) is 0.